The molecule has 2 aromatic rings. The molecule has 5 heteroatoms. The molecule has 2 aromatic carbocycles. The summed E-state index contributed by atoms with van der Waals surface area (Å²) in [4.78, 5) is 12.5. The van der Waals surface area contributed by atoms with E-state index in [9.17, 15) is 4.79 Å². The number of carbonyl (C=O) groups is 1. The van der Waals surface area contributed by atoms with Crippen molar-refractivity contribution in [1.82, 2.24) is 5.32 Å². The lowest BCUT2D eigenvalue weighted by atomic mass is 10.0. The molecule has 1 amide bonds. The van der Waals surface area contributed by atoms with Gasteiger partial charge in [-0.3, -0.25) is 4.79 Å². The molecule has 1 N–H and O–H groups in total. The third-order valence-corrected chi connectivity index (χ3v) is 3.98. The van der Waals surface area contributed by atoms with Crippen LogP contribution in [-0.4, -0.2) is 26.2 Å². The zero-order valence-electron chi connectivity index (χ0n) is 15.1. The Morgan fingerprint density at radius 1 is 0.920 bits per heavy atom. The van der Waals surface area contributed by atoms with E-state index in [1.807, 2.05) is 31.2 Å². The Balaban J connectivity index is 1.97. The van der Waals surface area contributed by atoms with Gasteiger partial charge in [0, 0.05) is 0 Å². The predicted molar refractivity (Wildman–Crippen MR) is 97.3 cm³/mol. The molecule has 0 radical (unpaired) electrons. The lowest BCUT2D eigenvalue weighted by molar-refractivity contribution is -0.128. The molecule has 0 aliphatic rings. The van der Waals surface area contributed by atoms with Gasteiger partial charge in [0.1, 0.15) is 17.2 Å². The summed E-state index contributed by atoms with van der Waals surface area (Å²) in [5.74, 6) is 2.01. The number of hydrogen-bond acceptors (Lipinski definition) is 4. The van der Waals surface area contributed by atoms with Crippen molar-refractivity contribution in [3.05, 3.63) is 54.1 Å². The standard InChI is InChI=1S/C20H25NO4/c1-5-19(15-6-8-16(23-3)9-7-15)21-20(22)14(2)25-18-12-10-17(24-4)11-13-18/h6-14,19H,5H2,1-4H3,(H,21,22)/t14-,19+/m1/s1. The SMILES string of the molecule is CC[C@H](NC(=O)[C@@H](C)Oc1ccc(OC)cc1)c1ccc(OC)cc1. The fraction of sp³-hybridized carbons (Fsp3) is 0.350. The first-order chi connectivity index (χ1) is 12.1. The second-order valence-electron chi connectivity index (χ2n) is 5.68. The maximum Gasteiger partial charge on any atom is 0.261 e. The van der Waals surface area contributed by atoms with E-state index in [4.69, 9.17) is 14.2 Å². The van der Waals surface area contributed by atoms with Gasteiger partial charge >= 0.3 is 0 Å². The van der Waals surface area contributed by atoms with Crippen LogP contribution in [0.5, 0.6) is 17.2 Å². The second-order valence-corrected chi connectivity index (χ2v) is 5.68. The normalized spacial score (nSPS) is 12.8. The lowest BCUT2D eigenvalue weighted by Crippen LogP contribution is -2.38. The highest BCUT2D eigenvalue weighted by Crippen LogP contribution is 2.21. The summed E-state index contributed by atoms with van der Waals surface area (Å²) in [6.45, 7) is 3.77. The third kappa shape index (κ3) is 5.14. The van der Waals surface area contributed by atoms with Gasteiger partial charge in [0.05, 0.1) is 20.3 Å². The number of nitrogens with one attached hydrogen (secondary N) is 1. The van der Waals surface area contributed by atoms with Crippen molar-refractivity contribution in [3.8, 4) is 17.2 Å². The van der Waals surface area contributed by atoms with Gasteiger partial charge in [-0.15, -0.1) is 0 Å². The van der Waals surface area contributed by atoms with Crippen LogP contribution < -0.4 is 19.5 Å². The molecule has 0 saturated carbocycles. The minimum absolute atomic E-state index is 0.0691. The summed E-state index contributed by atoms with van der Waals surface area (Å²) >= 11 is 0. The number of amides is 1. The Labute approximate surface area is 148 Å². The van der Waals surface area contributed by atoms with Crippen LogP contribution in [0.4, 0.5) is 0 Å². The average molecular weight is 343 g/mol. The Morgan fingerprint density at radius 3 is 1.88 bits per heavy atom. The lowest BCUT2D eigenvalue weighted by Gasteiger charge is -2.21. The first-order valence-corrected chi connectivity index (χ1v) is 8.32. The smallest absolute Gasteiger partial charge is 0.261 e. The van der Waals surface area contributed by atoms with Crippen molar-refractivity contribution < 1.29 is 19.0 Å². The number of carbonyl (C=O) groups excluding carboxylic acids is 1. The molecule has 0 aromatic heterocycles. The summed E-state index contributed by atoms with van der Waals surface area (Å²) in [6.07, 6.45) is 0.188. The Hall–Kier alpha value is -2.69. The molecular weight excluding hydrogens is 318 g/mol. The molecule has 0 heterocycles. The van der Waals surface area contributed by atoms with Crippen molar-refractivity contribution in [1.29, 1.82) is 0 Å². The molecule has 0 saturated heterocycles. The molecule has 25 heavy (non-hydrogen) atoms. The number of methoxy groups -OCH3 is 2. The predicted octanol–water partition coefficient (Wildman–Crippen LogP) is 3.74. The van der Waals surface area contributed by atoms with E-state index >= 15 is 0 Å². The second kappa shape index (κ2) is 8.97. The zero-order chi connectivity index (χ0) is 18.2. The van der Waals surface area contributed by atoms with Crippen molar-refractivity contribution in [2.24, 2.45) is 0 Å². The molecular formula is C20H25NO4. The highest BCUT2D eigenvalue weighted by Gasteiger charge is 2.19. The summed E-state index contributed by atoms with van der Waals surface area (Å²) in [5.41, 5.74) is 1.04. The Bertz CT molecular complexity index is 667. The molecule has 134 valence electrons. The van der Waals surface area contributed by atoms with Crippen LogP contribution in [0.15, 0.2) is 48.5 Å². The quantitative estimate of drug-likeness (QED) is 0.793. The monoisotopic (exact) mass is 343 g/mol. The van der Waals surface area contributed by atoms with E-state index in [0.29, 0.717) is 5.75 Å². The highest BCUT2D eigenvalue weighted by molar-refractivity contribution is 5.81. The molecule has 0 aliphatic carbocycles. The van der Waals surface area contributed by atoms with Gasteiger partial charge in [0.2, 0.25) is 0 Å². The van der Waals surface area contributed by atoms with Crippen LogP contribution in [0.1, 0.15) is 31.9 Å². The molecule has 0 fully saturated rings. The molecule has 0 spiro atoms. The minimum atomic E-state index is -0.597. The van der Waals surface area contributed by atoms with Crippen molar-refractivity contribution in [2.75, 3.05) is 14.2 Å². The summed E-state index contributed by atoms with van der Waals surface area (Å²) < 4.78 is 16.0. The fourth-order valence-electron chi connectivity index (χ4n) is 2.46. The maximum absolute atomic E-state index is 12.5. The minimum Gasteiger partial charge on any atom is -0.497 e. The van der Waals surface area contributed by atoms with Crippen molar-refractivity contribution in [3.63, 3.8) is 0 Å². The maximum atomic E-state index is 12.5. The van der Waals surface area contributed by atoms with Gasteiger partial charge in [-0.2, -0.15) is 0 Å². The van der Waals surface area contributed by atoms with Crippen LogP contribution >= 0.6 is 0 Å². The van der Waals surface area contributed by atoms with Crippen LogP contribution in [-0.2, 0) is 4.79 Å². The molecule has 2 atom stereocenters. The first kappa shape index (κ1) is 18.6. The van der Waals surface area contributed by atoms with E-state index in [2.05, 4.69) is 5.32 Å². The van der Waals surface area contributed by atoms with Crippen molar-refractivity contribution >= 4 is 5.91 Å². The van der Waals surface area contributed by atoms with Gasteiger partial charge < -0.3 is 19.5 Å². The van der Waals surface area contributed by atoms with E-state index in [1.54, 1.807) is 45.4 Å². The molecule has 0 unspecified atom stereocenters. The Morgan fingerprint density at radius 2 is 1.40 bits per heavy atom. The molecule has 0 bridgehead atoms. The topological polar surface area (TPSA) is 56.8 Å². The van der Waals surface area contributed by atoms with Gasteiger partial charge in [0.25, 0.3) is 5.91 Å². The Kier molecular flexibility index (Phi) is 6.69. The highest BCUT2D eigenvalue weighted by atomic mass is 16.5. The zero-order valence-corrected chi connectivity index (χ0v) is 15.1. The van der Waals surface area contributed by atoms with Gasteiger partial charge in [-0.1, -0.05) is 19.1 Å². The van der Waals surface area contributed by atoms with Crippen LogP contribution in [0.3, 0.4) is 0 Å². The van der Waals surface area contributed by atoms with Gasteiger partial charge in [-0.25, -0.2) is 0 Å². The largest absolute Gasteiger partial charge is 0.497 e. The number of hydrogen-bond donors (Lipinski definition) is 1. The summed E-state index contributed by atoms with van der Waals surface area (Å²) in [7, 11) is 3.24. The van der Waals surface area contributed by atoms with Crippen molar-refractivity contribution in [2.45, 2.75) is 32.4 Å². The first-order valence-electron chi connectivity index (χ1n) is 8.32. The van der Waals surface area contributed by atoms with Gasteiger partial charge in [0.15, 0.2) is 6.10 Å². The van der Waals surface area contributed by atoms with Crippen LogP contribution in [0, 0.1) is 0 Å². The third-order valence-electron chi connectivity index (χ3n) is 3.98. The van der Waals surface area contributed by atoms with E-state index < -0.39 is 6.10 Å². The van der Waals surface area contributed by atoms with E-state index in [-0.39, 0.29) is 11.9 Å². The molecule has 0 aliphatic heterocycles. The van der Waals surface area contributed by atoms with Crippen LogP contribution in [0.2, 0.25) is 0 Å². The van der Waals surface area contributed by atoms with E-state index in [0.717, 1.165) is 23.5 Å². The number of benzene rings is 2. The summed E-state index contributed by atoms with van der Waals surface area (Å²) in [5, 5.41) is 3.03. The van der Waals surface area contributed by atoms with E-state index in [1.165, 1.54) is 0 Å². The number of rotatable bonds is 8. The molecule has 5 nitrogen and oxygen atoms in total. The average Bonchev–Trinajstić information content (AvgIpc) is 2.66. The molecule has 2 rings (SSSR count). The number of ether oxygens (including phenoxy) is 3. The van der Waals surface area contributed by atoms with Gasteiger partial charge in [-0.05, 0) is 55.3 Å². The van der Waals surface area contributed by atoms with Crippen LogP contribution in [0.25, 0.3) is 0 Å². The fourth-order valence-corrected chi connectivity index (χ4v) is 2.46. The summed E-state index contributed by atoms with van der Waals surface area (Å²) in [6, 6.07) is 14.8.